The molecule has 464 valence electrons. The summed E-state index contributed by atoms with van der Waals surface area (Å²) in [5.74, 6) is -1.33. The van der Waals surface area contributed by atoms with Crippen LogP contribution in [0.4, 0.5) is 0 Å². The van der Waals surface area contributed by atoms with E-state index >= 15 is 9.13 Å². The summed E-state index contributed by atoms with van der Waals surface area (Å²) in [6, 6.07) is 65.9. The minimum Gasteiger partial charge on any atom is -0.465 e. The molecule has 1 aliphatic carbocycles. The summed E-state index contributed by atoms with van der Waals surface area (Å²) >= 11 is 0. The lowest BCUT2D eigenvalue weighted by Crippen LogP contribution is -2.65. The molecule has 0 amide bonds. The number of hydrogen-bond donors (Lipinski definition) is 0. The van der Waals surface area contributed by atoms with Crippen LogP contribution in [0.5, 0.6) is 0 Å². The second kappa shape index (κ2) is 37.8. The van der Waals surface area contributed by atoms with Crippen LogP contribution in [0, 0.1) is 5.92 Å². The zero-order valence-corrected chi connectivity index (χ0v) is 52.2. The molecule has 0 unspecified atom stereocenters. The predicted octanol–water partition coefficient (Wildman–Crippen LogP) is 18.3. The Morgan fingerprint density at radius 2 is 0.575 bits per heavy atom. The summed E-state index contributed by atoms with van der Waals surface area (Å²) in [6.07, 6.45) is 8.73. The summed E-state index contributed by atoms with van der Waals surface area (Å²) < 4.78 is 99.6. The highest BCUT2D eigenvalue weighted by molar-refractivity contribution is 7.48. The first-order valence-corrected chi connectivity index (χ1v) is 34.1. The SMILES string of the molecule is CCCCCCCCCCCCCCCC(=O)OC[C@H]1[C@H](OCc2ccccc2)[C@H](OCc2ccccc2)[C@@H](OP(=O)(OCc2ccccc2)OCc2ccccc2)[C@H](OP(=O)(OCc2ccccc2)OCc2ccccc2)[C@H]1OCc1ccccc1. The zero-order chi connectivity index (χ0) is 60.5. The van der Waals surface area contributed by atoms with Crippen LogP contribution >= 0.6 is 15.6 Å². The van der Waals surface area contributed by atoms with Gasteiger partial charge in [0.25, 0.3) is 0 Å². The van der Waals surface area contributed by atoms with Crippen LogP contribution in [0.25, 0.3) is 0 Å². The summed E-state index contributed by atoms with van der Waals surface area (Å²) in [7, 11) is -9.61. The lowest BCUT2D eigenvalue weighted by Gasteiger charge is -2.50. The van der Waals surface area contributed by atoms with Crippen LogP contribution in [0.3, 0.4) is 0 Å². The Morgan fingerprint density at radius 3 is 0.885 bits per heavy atom. The maximum atomic E-state index is 16.1. The lowest BCUT2D eigenvalue weighted by atomic mass is 9.78. The topological polar surface area (TPSA) is 144 Å². The van der Waals surface area contributed by atoms with Gasteiger partial charge in [0.05, 0.1) is 71.0 Å². The summed E-state index contributed by atoms with van der Waals surface area (Å²) in [4.78, 5) is 14.2. The van der Waals surface area contributed by atoms with Crippen LogP contribution in [0.2, 0.25) is 0 Å². The van der Waals surface area contributed by atoms with E-state index in [0.717, 1.165) is 36.0 Å². The van der Waals surface area contributed by atoms with Crippen molar-refractivity contribution in [1.29, 1.82) is 0 Å². The molecule has 0 aromatic heterocycles. The number of carbonyl (C=O) groups excluding carboxylic acids is 1. The number of hydrogen-bond acceptors (Lipinski definition) is 13. The van der Waals surface area contributed by atoms with Gasteiger partial charge in [-0.2, -0.15) is 0 Å². The fourth-order valence-electron chi connectivity index (χ4n) is 10.5. The summed E-state index contributed by atoms with van der Waals surface area (Å²) in [6.45, 7) is 1.33. The molecule has 0 radical (unpaired) electrons. The molecule has 6 atom stereocenters. The van der Waals surface area contributed by atoms with Gasteiger partial charge in [-0.1, -0.05) is 296 Å². The molecule has 15 heteroatoms. The minimum atomic E-state index is -4.81. The van der Waals surface area contributed by atoms with Gasteiger partial charge in [0.15, 0.2) is 0 Å². The van der Waals surface area contributed by atoms with Crippen molar-refractivity contribution >= 4 is 21.6 Å². The molecular formula is C72H88O13P2. The van der Waals surface area contributed by atoms with Crippen LogP contribution < -0.4 is 0 Å². The smallest absolute Gasteiger partial charge is 0.465 e. The van der Waals surface area contributed by atoms with Crippen molar-refractivity contribution < 1.29 is 60.0 Å². The van der Waals surface area contributed by atoms with Gasteiger partial charge >= 0.3 is 21.6 Å². The number of rotatable bonds is 41. The molecule has 1 fully saturated rings. The maximum Gasteiger partial charge on any atom is 0.475 e. The van der Waals surface area contributed by atoms with Gasteiger partial charge in [-0.25, -0.2) is 9.13 Å². The third-order valence-electron chi connectivity index (χ3n) is 15.3. The first kappa shape index (κ1) is 67.0. The van der Waals surface area contributed by atoms with Crippen LogP contribution in [-0.2, 0) is 106 Å². The molecule has 7 aromatic rings. The van der Waals surface area contributed by atoms with E-state index in [1.165, 1.54) is 57.8 Å². The molecule has 87 heavy (non-hydrogen) atoms. The van der Waals surface area contributed by atoms with Crippen molar-refractivity contribution in [2.75, 3.05) is 6.61 Å². The average Bonchev–Trinajstić information content (AvgIpc) is 1.03. The second-order valence-electron chi connectivity index (χ2n) is 22.2. The Labute approximate surface area is 516 Å². The van der Waals surface area contributed by atoms with E-state index in [2.05, 4.69) is 6.92 Å². The zero-order valence-electron chi connectivity index (χ0n) is 50.4. The van der Waals surface area contributed by atoms with Crippen molar-refractivity contribution in [3.8, 4) is 0 Å². The van der Waals surface area contributed by atoms with Crippen molar-refractivity contribution in [3.63, 3.8) is 0 Å². The number of unbranched alkanes of at least 4 members (excludes halogenated alkanes) is 12. The van der Waals surface area contributed by atoms with Crippen molar-refractivity contribution in [3.05, 3.63) is 251 Å². The Morgan fingerprint density at radius 1 is 0.322 bits per heavy atom. The average molecular weight is 1220 g/mol. The third-order valence-corrected chi connectivity index (χ3v) is 18.1. The molecule has 8 rings (SSSR count). The van der Waals surface area contributed by atoms with Gasteiger partial charge in [0.2, 0.25) is 0 Å². The van der Waals surface area contributed by atoms with E-state index in [-0.39, 0.29) is 59.3 Å². The molecule has 0 N–H and O–H groups in total. The largest absolute Gasteiger partial charge is 0.475 e. The van der Waals surface area contributed by atoms with E-state index in [0.29, 0.717) is 28.7 Å². The van der Waals surface area contributed by atoms with Crippen LogP contribution in [-0.4, -0.2) is 43.1 Å². The van der Waals surface area contributed by atoms with Crippen molar-refractivity contribution in [1.82, 2.24) is 0 Å². The quantitative estimate of drug-likeness (QED) is 0.0204. The number of phosphoric acid groups is 2. The minimum absolute atomic E-state index is 0.00288. The first-order valence-electron chi connectivity index (χ1n) is 31.2. The third kappa shape index (κ3) is 23.9. The van der Waals surface area contributed by atoms with E-state index in [1.54, 1.807) is 0 Å². The van der Waals surface area contributed by atoms with Gasteiger partial charge in [-0.3, -0.25) is 31.9 Å². The van der Waals surface area contributed by atoms with Gasteiger partial charge < -0.3 is 18.9 Å². The molecule has 7 aromatic carbocycles. The van der Waals surface area contributed by atoms with E-state index in [1.807, 2.05) is 212 Å². The first-order chi connectivity index (χ1) is 42.7. The number of ether oxygens (including phenoxy) is 4. The van der Waals surface area contributed by atoms with Gasteiger partial charge in [-0.15, -0.1) is 0 Å². The van der Waals surface area contributed by atoms with Crippen LogP contribution in [0.15, 0.2) is 212 Å². The van der Waals surface area contributed by atoms with E-state index in [4.69, 9.17) is 46.1 Å². The van der Waals surface area contributed by atoms with Crippen molar-refractivity contribution in [2.24, 2.45) is 5.92 Å². The Balaban J connectivity index is 1.19. The number of benzene rings is 7. The van der Waals surface area contributed by atoms with Gasteiger partial charge in [0, 0.05) is 6.42 Å². The molecule has 13 nitrogen and oxygen atoms in total. The molecule has 0 heterocycles. The highest BCUT2D eigenvalue weighted by Gasteiger charge is 2.59. The number of carbonyl (C=O) groups is 1. The van der Waals surface area contributed by atoms with Gasteiger partial charge in [0.1, 0.15) is 18.3 Å². The molecular weight excluding hydrogens is 1130 g/mol. The molecule has 0 aliphatic heterocycles. The highest BCUT2D eigenvalue weighted by Crippen LogP contribution is 2.59. The molecule has 0 bridgehead atoms. The lowest BCUT2D eigenvalue weighted by molar-refractivity contribution is -0.248. The Hall–Kier alpha value is -5.89. The summed E-state index contributed by atoms with van der Waals surface area (Å²) in [5, 5.41) is 0. The second-order valence-corrected chi connectivity index (χ2v) is 25.4. The van der Waals surface area contributed by atoms with Crippen LogP contribution in [0.1, 0.15) is 136 Å². The fourth-order valence-corrected chi connectivity index (χ4v) is 13.2. The molecule has 0 saturated heterocycles. The highest BCUT2D eigenvalue weighted by atomic mass is 31.2. The van der Waals surface area contributed by atoms with E-state index in [9.17, 15) is 4.79 Å². The normalized spacial score (nSPS) is 17.9. The predicted molar refractivity (Wildman–Crippen MR) is 340 cm³/mol. The standard InChI is InChI=1S/C72H88O13P2/c1-2-3-4-5-6-7-8-9-10-11-12-13-35-50-67(73)76-58-66-68(77-51-59-36-21-14-22-37-59)70(79-53-61-40-25-16-26-41-61)72(85-87(75,82-56-64-46-31-19-32-47-64)83-57-65-48-33-20-34-49-65)71(69(66)78-52-60-38-23-15-24-39-60)84-86(74,80-54-62-42-27-17-28-43-62)81-55-63-44-29-18-30-45-63/h14-34,36-49,66,68-72H,2-13,35,50-58H2,1H3/t66-,68-,69-,70-,71+,72+/m0/s1. The Bertz CT molecular complexity index is 2940. The van der Waals surface area contributed by atoms with Crippen molar-refractivity contribution in [2.45, 2.75) is 174 Å². The monoisotopic (exact) mass is 1220 g/mol. The number of phosphoric ester groups is 2. The molecule has 0 spiro atoms. The van der Waals surface area contributed by atoms with Gasteiger partial charge in [-0.05, 0) is 45.4 Å². The number of esters is 1. The van der Waals surface area contributed by atoms with E-state index < -0.39 is 58.1 Å². The molecule has 1 saturated carbocycles. The summed E-state index contributed by atoms with van der Waals surface area (Å²) in [5.41, 5.74) is 5.20. The molecule has 1 aliphatic rings. The fraction of sp³-hybridized carbons (Fsp3) is 0.403. The Kier molecular flexibility index (Phi) is 29.2. The maximum absolute atomic E-state index is 16.1.